The minimum Gasteiger partial charge on any atom is -0.504 e. The zero-order valence-corrected chi connectivity index (χ0v) is 12.6. The molecule has 116 valence electrons. The van der Waals surface area contributed by atoms with Gasteiger partial charge in [-0.2, -0.15) is 0 Å². The second-order valence-corrected chi connectivity index (χ2v) is 6.21. The normalized spacial score (nSPS) is 22.8. The smallest absolute Gasteiger partial charge is 0.194 e. The van der Waals surface area contributed by atoms with Crippen LogP contribution in [0.5, 0.6) is 11.5 Å². The molecule has 4 rings (SSSR count). The summed E-state index contributed by atoms with van der Waals surface area (Å²) in [6, 6.07) is 3.66. The van der Waals surface area contributed by atoms with Crippen molar-refractivity contribution in [3.63, 3.8) is 0 Å². The fourth-order valence-electron chi connectivity index (χ4n) is 3.71. The Hall–Kier alpha value is -2.01. The van der Waals surface area contributed by atoms with E-state index in [-0.39, 0.29) is 17.4 Å². The van der Waals surface area contributed by atoms with E-state index >= 15 is 0 Å². The van der Waals surface area contributed by atoms with E-state index in [1.54, 1.807) is 12.1 Å². The van der Waals surface area contributed by atoms with Gasteiger partial charge in [-0.05, 0) is 42.5 Å². The van der Waals surface area contributed by atoms with Crippen LogP contribution in [0.1, 0.15) is 54.2 Å². The van der Waals surface area contributed by atoms with E-state index in [9.17, 15) is 10.2 Å². The molecule has 0 saturated carbocycles. The molecule has 22 heavy (non-hydrogen) atoms. The molecule has 2 aromatic rings. The van der Waals surface area contributed by atoms with Crippen LogP contribution in [-0.2, 0) is 19.4 Å². The molecule has 0 unspecified atom stereocenters. The van der Waals surface area contributed by atoms with Crippen molar-refractivity contribution in [2.75, 3.05) is 0 Å². The number of hydrogen-bond donors (Lipinski definition) is 3. The molecule has 0 saturated heterocycles. The number of oxazole rings is 1. The molecule has 0 spiro atoms. The van der Waals surface area contributed by atoms with E-state index < -0.39 is 0 Å². The number of benzene rings is 1. The Morgan fingerprint density at radius 3 is 2.95 bits per heavy atom. The first-order valence-electron chi connectivity index (χ1n) is 7.94. The number of phenols is 2. The molecule has 2 atom stereocenters. The van der Waals surface area contributed by atoms with Gasteiger partial charge in [0.2, 0.25) is 0 Å². The number of aryl methyl sites for hydroxylation is 2. The predicted octanol–water partition coefficient (Wildman–Crippen LogP) is 2.59. The van der Waals surface area contributed by atoms with Crippen LogP contribution in [-0.4, -0.2) is 21.2 Å². The van der Waals surface area contributed by atoms with E-state index in [1.165, 1.54) is 0 Å². The van der Waals surface area contributed by atoms with Gasteiger partial charge in [-0.15, -0.1) is 0 Å². The molecule has 2 aliphatic rings. The topological polar surface area (TPSA) is 78.5 Å². The van der Waals surface area contributed by atoms with Crippen molar-refractivity contribution in [3.8, 4) is 11.5 Å². The SMILES string of the molecule is CCCc1nc2c(o1)[C@H]1c3cc(O)c(O)cc3CC[C@@H]1NC2. The molecule has 0 bridgehead atoms. The number of aromatic nitrogens is 1. The summed E-state index contributed by atoms with van der Waals surface area (Å²) in [6.07, 6.45) is 3.73. The van der Waals surface area contributed by atoms with E-state index in [4.69, 9.17) is 4.42 Å². The fourth-order valence-corrected chi connectivity index (χ4v) is 3.71. The maximum Gasteiger partial charge on any atom is 0.194 e. The summed E-state index contributed by atoms with van der Waals surface area (Å²) in [5.41, 5.74) is 3.10. The number of nitrogens with one attached hydrogen (secondary N) is 1. The Labute approximate surface area is 129 Å². The summed E-state index contributed by atoms with van der Waals surface area (Å²) in [5, 5.41) is 23.2. The van der Waals surface area contributed by atoms with Crippen molar-refractivity contribution < 1.29 is 14.6 Å². The third-order valence-electron chi connectivity index (χ3n) is 4.75. The number of aromatic hydroxyl groups is 2. The maximum atomic E-state index is 9.89. The van der Waals surface area contributed by atoms with Gasteiger partial charge in [-0.1, -0.05) is 6.92 Å². The maximum absolute atomic E-state index is 9.89. The van der Waals surface area contributed by atoms with E-state index in [0.29, 0.717) is 6.04 Å². The van der Waals surface area contributed by atoms with Crippen LogP contribution in [0.3, 0.4) is 0 Å². The largest absolute Gasteiger partial charge is 0.504 e. The molecule has 5 nitrogen and oxygen atoms in total. The molecule has 0 amide bonds. The molecule has 1 aliphatic carbocycles. The summed E-state index contributed by atoms with van der Waals surface area (Å²) in [5.74, 6) is 1.67. The van der Waals surface area contributed by atoms with Crippen LogP contribution >= 0.6 is 0 Å². The summed E-state index contributed by atoms with van der Waals surface area (Å²) < 4.78 is 6.05. The average Bonchev–Trinajstić information content (AvgIpc) is 2.91. The van der Waals surface area contributed by atoms with Crippen molar-refractivity contribution in [2.24, 2.45) is 0 Å². The summed E-state index contributed by atoms with van der Waals surface area (Å²) >= 11 is 0. The molecule has 0 radical (unpaired) electrons. The monoisotopic (exact) mass is 300 g/mol. The number of phenolic OH excluding ortho intramolecular Hbond substituents is 2. The van der Waals surface area contributed by atoms with E-state index in [1.807, 2.05) is 0 Å². The highest BCUT2D eigenvalue weighted by molar-refractivity contribution is 5.51. The van der Waals surface area contributed by atoms with Crippen molar-refractivity contribution in [2.45, 2.75) is 51.1 Å². The van der Waals surface area contributed by atoms with Gasteiger partial charge < -0.3 is 19.9 Å². The first-order valence-corrected chi connectivity index (χ1v) is 7.94. The zero-order chi connectivity index (χ0) is 15.3. The highest BCUT2D eigenvalue weighted by Crippen LogP contribution is 2.44. The highest BCUT2D eigenvalue weighted by atomic mass is 16.4. The van der Waals surface area contributed by atoms with Gasteiger partial charge in [-0.3, -0.25) is 0 Å². The Balaban J connectivity index is 1.83. The van der Waals surface area contributed by atoms with E-state index in [0.717, 1.165) is 60.7 Å². The lowest BCUT2D eigenvalue weighted by molar-refractivity contribution is 0.331. The second kappa shape index (κ2) is 5.02. The Morgan fingerprint density at radius 1 is 1.32 bits per heavy atom. The lowest BCUT2D eigenvalue weighted by Crippen LogP contribution is -2.42. The van der Waals surface area contributed by atoms with Crippen molar-refractivity contribution in [1.82, 2.24) is 10.3 Å². The van der Waals surface area contributed by atoms with Gasteiger partial charge in [0.15, 0.2) is 17.4 Å². The van der Waals surface area contributed by atoms with Gasteiger partial charge in [0, 0.05) is 19.0 Å². The molecule has 2 heterocycles. The average molecular weight is 300 g/mol. The molecule has 1 aromatic heterocycles. The molecule has 1 aromatic carbocycles. The Kier molecular flexibility index (Phi) is 3.11. The molecular formula is C17H20N2O3. The van der Waals surface area contributed by atoms with Crippen LogP contribution in [0.4, 0.5) is 0 Å². The van der Waals surface area contributed by atoms with Gasteiger partial charge in [0.05, 0.1) is 11.6 Å². The number of nitrogens with zero attached hydrogens (tertiary/aromatic N) is 1. The molecule has 3 N–H and O–H groups in total. The first-order chi connectivity index (χ1) is 10.7. The summed E-state index contributed by atoms with van der Waals surface area (Å²) in [7, 11) is 0. The molecule has 0 fully saturated rings. The Morgan fingerprint density at radius 2 is 2.14 bits per heavy atom. The number of fused-ring (bicyclic) bond motifs is 5. The number of hydrogen-bond acceptors (Lipinski definition) is 5. The Bertz CT molecular complexity index is 723. The van der Waals surface area contributed by atoms with Gasteiger partial charge >= 0.3 is 0 Å². The summed E-state index contributed by atoms with van der Waals surface area (Å²) in [6.45, 7) is 2.85. The van der Waals surface area contributed by atoms with Crippen molar-refractivity contribution in [1.29, 1.82) is 0 Å². The van der Waals surface area contributed by atoms with E-state index in [2.05, 4.69) is 17.2 Å². The lowest BCUT2D eigenvalue weighted by Gasteiger charge is -2.36. The summed E-state index contributed by atoms with van der Waals surface area (Å²) in [4.78, 5) is 4.60. The van der Waals surface area contributed by atoms with Crippen molar-refractivity contribution in [3.05, 3.63) is 40.6 Å². The molecule has 5 heteroatoms. The van der Waals surface area contributed by atoms with Crippen molar-refractivity contribution >= 4 is 0 Å². The standard InChI is InChI=1S/C17H20N2O3/c1-2-3-15-19-12-8-18-11-5-4-9-6-13(20)14(21)7-10(9)16(11)17(12)22-15/h6-7,11,16,18,20-21H,2-5,8H2,1H3/t11-,16-/m0/s1. The second-order valence-electron chi connectivity index (χ2n) is 6.21. The van der Waals surface area contributed by atoms with Crippen LogP contribution in [0.25, 0.3) is 0 Å². The van der Waals surface area contributed by atoms with Crippen LogP contribution in [0.15, 0.2) is 16.5 Å². The first kappa shape index (κ1) is 13.6. The van der Waals surface area contributed by atoms with Gasteiger partial charge in [0.25, 0.3) is 0 Å². The lowest BCUT2D eigenvalue weighted by atomic mass is 9.75. The fraction of sp³-hybridized carbons (Fsp3) is 0.471. The minimum absolute atomic E-state index is 0.0505. The zero-order valence-electron chi connectivity index (χ0n) is 12.6. The van der Waals surface area contributed by atoms with Gasteiger partial charge in [-0.25, -0.2) is 4.98 Å². The number of rotatable bonds is 2. The van der Waals surface area contributed by atoms with Gasteiger partial charge in [0.1, 0.15) is 5.76 Å². The van der Waals surface area contributed by atoms with Crippen LogP contribution in [0, 0.1) is 0 Å². The minimum atomic E-state index is -0.0696. The van der Waals surface area contributed by atoms with Crippen LogP contribution < -0.4 is 5.32 Å². The molecule has 1 aliphatic heterocycles. The van der Waals surface area contributed by atoms with Crippen LogP contribution in [0.2, 0.25) is 0 Å². The predicted molar refractivity (Wildman–Crippen MR) is 81.1 cm³/mol. The third-order valence-corrected chi connectivity index (χ3v) is 4.75. The third kappa shape index (κ3) is 2.00. The quantitative estimate of drug-likeness (QED) is 0.743. The molecular weight excluding hydrogens is 280 g/mol. The highest BCUT2D eigenvalue weighted by Gasteiger charge is 2.39.